The summed E-state index contributed by atoms with van der Waals surface area (Å²) in [4.78, 5) is 19.4. The number of carboxylic acids is 2. The predicted molar refractivity (Wildman–Crippen MR) is 65.0 cm³/mol. The van der Waals surface area contributed by atoms with Crippen LogP contribution in [0.4, 0.5) is 0 Å². The van der Waals surface area contributed by atoms with Crippen LogP contribution in [0.1, 0.15) is 27.7 Å². The summed E-state index contributed by atoms with van der Waals surface area (Å²) in [5.74, 6) is -1.94. The van der Waals surface area contributed by atoms with Crippen molar-refractivity contribution in [2.75, 3.05) is 0 Å². The van der Waals surface area contributed by atoms with Gasteiger partial charge in [-0.05, 0) is 0 Å². The molecule has 0 saturated heterocycles. The Morgan fingerprint density at radius 2 is 0.765 bits per heavy atom. The van der Waals surface area contributed by atoms with Crippen LogP contribution in [-0.4, -0.2) is 22.2 Å². The molecule has 0 aromatic rings. The molecule has 0 fully saturated rings. The van der Waals surface area contributed by atoms with E-state index in [1.54, 1.807) is 27.7 Å². The summed E-state index contributed by atoms with van der Waals surface area (Å²) in [6.07, 6.45) is 0. The van der Waals surface area contributed by atoms with Crippen LogP contribution >= 0.6 is 0 Å². The molecule has 8 nitrogen and oxygen atoms in total. The van der Waals surface area contributed by atoms with E-state index >= 15 is 0 Å². The van der Waals surface area contributed by atoms with Gasteiger partial charge in [-0.3, -0.25) is 9.59 Å². The van der Waals surface area contributed by atoms with E-state index in [2.05, 4.69) is 0 Å². The first-order chi connectivity index (χ1) is 5.29. The zero-order chi connectivity index (χ0) is 10.3. The molecule has 0 aromatic heterocycles. The van der Waals surface area contributed by atoms with Crippen LogP contribution in [0, 0.1) is 11.8 Å². The summed E-state index contributed by atoms with van der Waals surface area (Å²) >= 11 is 0. The normalized spacial score (nSPS) is 6.47. The Labute approximate surface area is 113 Å². The Morgan fingerprint density at radius 3 is 0.765 bits per heavy atom. The minimum atomic E-state index is -0.741. The van der Waals surface area contributed by atoms with Gasteiger partial charge in [0.2, 0.25) is 0 Å². The molecule has 0 aliphatic heterocycles. The molecule has 113 valence electrons. The van der Waals surface area contributed by atoms with Crippen LogP contribution < -0.4 is 24.6 Å². The second-order valence-electron chi connectivity index (χ2n) is 2.99. The Bertz CT molecular complexity index is 150. The second-order valence-corrected chi connectivity index (χ2v) is 2.99. The average Bonchev–Trinajstić information content (AvgIpc) is 1.88. The number of carbonyl (C=O) groups is 2. The minimum Gasteiger partial charge on any atom is -0.481 e. The molecule has 1 radical (unpaired) electrons. The molecule has 0 atom stereocenters. The van der Waals surface area contributed by atoms with Crippen LogP contribution in [0.25, 0.3) is 0 Å². The van der Waals surface area contributed by atoms with Gasteiger partial charge in [0, 0.05) is 16.8 Å². The van der Waals surface area contributed by atoms with Crippen molar-refractivity contribution in [1.82, 2.24) is 24.6 Å². The van der Waals surface area contributed by atoms with Gasteiger partial charge in [-0.15, -0.1) is 0 Å². The first-order valence-electron chi connectivity index (χ1n) is 3.74. The van der Waals surface area contributed by atoms with Crippen molar-refractivity contribution in [3.8, 4) is 0 Å². The molecule has 17 heavy (non-hydrogen) atoms. The molecule has 0 aliphatic rings. The smallest absolute Gasteiger partial charge is 0.305 e. The number of aliphatic carboxylic acids is 2. The van der Waals surface area contributed by atoms with Crippen LogP contribution in [0.5, 0.6) is 0 Å². The van der Waals surface area contributed by atoms with E-state index in [-0.39, 0.29) is 53.2 Å². The van der Waals surface area contributed by atoms with Crippen molar-refractivity contribution in [3.05, 3.63) is 0 Å². The summed E-state index contributed by atoms with van der Waals surface area (Å²) < 4.78 is 0. The molecule has 0 heterocycles. The van der Waals surface area contributed by atoms with Gasteiger partial charge in [-0.2, -0.15) is 0 Å². The molecule has 0 aromatic carbocycles. The molecule has 0 spiro atoms. The van der Waals surface area contributed by atoms with Crippen LogP contribution in [0.3, 0.4) is 0 Å². The standard InChI is InChI=1S/2C4H8O2.Co.4H3N/c2*1-3(2)4(5)6;;;;;/h2*3H,1-2H3,(H,5,6);;4*1H3. The fraction of sp³-hybridized carbons (Fsp3) is 0.750. The fourth-order valence-electron chi connectivity index (χ4n) is 0. The molecule has 0 amide bonds. The largest absolute Gasteiger partial charge is 0.481 e. The van der Waals surface area contributed by atoms with Crippen LogP contribution in [0.15, 0.2) is 0 Å². The summed E-state index contributed by atoms with van der Waals surface area (Å²) in [6, 6.07) is 0. The fourth-order valence-corrected chi connectivity index (χ4v) is 0. The third-order valence-electron chi connectivity index (χ3n) is 0.988. The topological polar surface area (TPSA) is 215 Å². The van der Waals surface area contributed by atoms with Gasteiger partial charge in [0.1, 0.15) is 0 Å². The molecule has 14 N–H and O–H groups in total. The molecule has 0 saturated carbocycles. The number of hydrogen-bond acceptors (Lipinski definition) is 6. The molecule has 0 unspecified atom stereocenters. The van der Waals surface area contributed by atoms with Crippen molar-refractivity contribution in [2.24, 2.45) is 11.8 Å². The molecule has 0 aliphatic carbocycles. The zero-order valence-electron chi connectivity index (χ0n) is 11.0. The van der Waals surface area contributed by atoms with Crippen molar-refractivity contribution in [2.45, 2.75) is 27.7 Å². The Morgan fingerprint density at radius 1 is 0.706 bits per heavy atom. The molecular formula is C8H28CoN4O4. The predicted octanol–water partition coefficient (Wildman–Crippen LogP) is 2.10. The van der Waals surface area contributed by atoms with Gasteiger partial charge in [-0.25, -0.2) is 0 Å². The van der Waals surface area contributed by atoms with Gasteiger partial charge < -0.3 is 34.8 Å². The van der Waals surface area contributed by atoms with E-state index in [1.165, 1.54) is 0 Å². The van der Waals surface area contributed by atoms with Gasteiger partial charge in [0.15, 0.2) is 0 Å². The molecule has 0 bridgehead atoms. The summed E-state index contributed by atoms with van der Waals surface area (Å²) in [7, 11) is 0. The van der Waals surface area contributed by atoms with Crippen molar-refractivity contribution < 1.29 is 36.6 Å². The van der Waals surface area contributed by atoms with Crippen LogP contribution in [-0.2, 0) is 26.4 Å². The van der Waals surface area contributed by atoms with Gasteiger partial charge in [-0.1, -0.05) is 27.7 Å². The van der Waals surface area contributed by atoms with Crippen molar-refractivity contribution in [1.29, 1.82) is 0 Å². The second kappa shape index (κ2) is 24.5. The Hall–Kier alpha value is -0.714. The SMILES string of the molecule is CC(C)C(=O)O.CC(C)C(=O)O.N.N.N.N.[Co]. The summed E-state index contributed by atoms with van der Waals surface area (Å²) in [5.41, 5.74) is 0. The Balaban J connectivity index is -0.0000000182. The maximum absolute atomic E-state index is 9.70. The molecule has 9 heteroatoms. The van der Waals surface area contributed by atoms with E-state index in [9.17, 15) is 9.59 Å². The third-order valence-corrected chi connectivity index (χ3v) is 0.988. The average molecular weight is 303 g/mol. The first kappa shape index (κ1) is 44.1. The number of carboxylic acid groups (broad SMARTS) is 2. The Kier molecular flexibility index (Phi) is 63.6. The van der Waals surface area contributed by atoms with Crippen LogP contribution in [0.2, 0.25) is 0 Å². The van der Waals surface area contributed by atoms with E-state index in [0.717, 1.165) is 0 Å². The summed E-state index contributed by atoms with van der Waals surface area (Å²) in [5, 5.41) is 16.0. The monoisotopic (exact) mass is 303 g/mol. The van der Waals surface area contributed by atoms with Crippen molar-refractivity contribution >= 4 is 11.9 Å². The summed E-state index contributed by atoms with van der Waals surface area (Å²) in [6.45, 7) is 6.56. The van der Waals surface area contributed by atoms with Gasteiger partial charge in [0.25, 0.3) is 0 Å². The number of rotatable bonds is 2. The maximum atomic E-state index is 9.70. The number of hydrogen-bond donors (Lipinski definition) is 6. The molecule has 0 rings (SSSR count). The quantitative estimate of drug-likeness (QED) is 0.442. The van der Waals surface area contributed by atoms with E-state index in [1.807, 2.05) is 0 Å². The molecular weight excluding hydrogens is 275 g/mol. The third kappa shape index (κ3) is 50.8. The van der Waals surface area contributed by atoms with E-state index < -0.39 is 11.9 Å². The first-order valence-corrected chi connectivity index (χ1v) is 3.74. The maximum Gasteiger partial charge on any atom is 0.305 e. The zero-order valence-corrected chi connectivity index (χ0v) is 12.1. The van der Waals surface area contributed by atoms with Gasteiger partial charge >= 0.3 is 11.9 Å². The van der Waals surface area contributed by atoms with E-state index in [4.69, 9.17) is 10.2 Å². The van der Waals surface area contributed by atoms with Gasteiger partial charge in [0.05, 0.1) is 11.8 Å². The minimum absolute atomic E-state index is 0. The van der Waals surface area contributed by atoms with Crippen molar-refractivity contribution in [3.63, 3.8) is 0 Å². The van der Waals surface area contributed by atoms with E-state index in [0.29, 0.717) is 0 Å².